The second kappa shape index (κ2) is 11.5. The van der Waals surface area contributed by atoms with Crippen molar-refractivity contribution in [3.8, 4) is 0 Å². The minimum Gasteiger partial charge on any atom is -0.340 e. The van der Waals surface area contributed by atoms with Crippen LogP contribution < -0.4 is 5.32 Å². The molecule has 0 spiro atoms. The van der Waals surface area contributed by atoms with Crippen LogP contribution in [0.25, 0.3) is 0 Å². The lowest BCUT2D eigenvalue weighted by Crippen LogP contribution is -2.53. The van der Waals surface area contributed by atoms with Crippen molar-refractivity contribution in [3.05, 3.63) is 65.7 Å². The third-order valence-corrected chi connectivity index (χ3v) is 10.3. The molecule has 3 amide bonds. The molecule has 1 aliphatic carbocycles. The molecule has 0 bridgehead atoms. The maximum absolute atomic E-state index is 13.5. The van der Waals surface area contributed by atoms with Gasteiger partial charge in [0.25, 0.3) is 5.91 Å². The average Bonchev–Trinajstić information content (AvgIpc) is 3.53. The summed E-state index contributed by atoms with van der Waals surface area (Å²) in [6.07, 6.45) is -1.54. The lowest BCUT2D eigenvalue weighted by Gasteiger charge is -2.43. The third kappa shape index (κ3) is 6.27. The largest absolute Gasteiger partial charge is 0.416 e. The summed E-state index contributed by atoms with van der Waals surface area (Å²) in [7, 11) is -3.69. The molecular formula is C29H32F3N3O5S. The van der Waals surface area contributed by atoms with Gasteiger partial charge in [-0.2, -0.15) is 13.2 Å². The van der Waals surface area contributed by atoms with Gasteiger partial charge < -0.3 is 15.1 Å². The van der Waals surface area contributed by atoms with Gasteiger partial charge in [0.2, 0.25) is 11.8 Å². The molecule has 2 heterocycles. The van der Waals surface area contributed by atoms with Crippen molar-refractivity contribution in [1.29, 1.82) is 0 Å². The zero-order valence-electron chi connectivity index (χ0n) is 22.3. The normalized spacial score (nSPS) is 25.5. The molecule has 12 heteroatoms. The van der Waals surface area contributed by atoms with Crippen LogP contribution in [0.2, 0.25) is 0 Å². The summed E-state index contributed by atoms with van der Waals surface area (Å²) in [4.78, 5) is 42.4. The van der Waals surface area contributed by atoms with E-state index >= 15 is 0 Å². The number of likely N-dealkylation sites (tertiary alicyclic amines) is 2. The molecule has 5 rings (SSSR count). The topological polar surface area (TPSA) is 104 Å². The van der Waals surface area contributed by atoms with Crippen LogP contribution in [0.1, 0.15) is 54.4 Å². The number of hydrogen-bond acceptors (Lipinski definition) is 5. The predicted octanol–water partition coefficient (Wildman–Crippen LogP) is 3.67. The summed E-state index contributed by atoms with van der Waals surface area (Å²) in [6, 6.07) is 10.7. The minimum atomic E-state index is -4.61. The van der Waals surface area contributed by atoms with Gasteiger partial charge >= 0.3 is 6.18 Å². The maximum Gasteiger partial charge on any atom is 0.416 e. The van der Waals surface area contributed by atoms with E-state index in [2.05, 4.69) is 5.32 Å². The molecule has 2 aliphatic heterocycles. The summed E-state index contributed by atoms with van der Waals surface area (Å²) in [5, 5.41) is 2.57. The second-order valence-corrected chi connectivity index (χ2v) is 13.0. The van der Waals surface area contributed by atoms with Crippen LogP contribution in [0, 0.1) is 5.92 Å². The summed E-state index contributed by atoms with van der Waals surface area (Å²) in [5.74, 6) is -1.73. The van der Waals surface area contributed by atoms with Crippen LogP contribution in [0.4, 0.5) is 13.2 Å². The van der Waals surface area contributed by atoms with Gasteiger partial charge in [-0.1, -0.05) is 24.3 Å². The summed E-state index contributed by atoms with van der Waals surface area (Å²) in [5.41, 5.74) is -1.16. The Hall–Kier alpha value is -3.41. The SMILES string of the molecule is O=C(N[C@H]1CCN([C@H]2CC[C@@H](N3CCCC3=O)C[C@H]2CS(=O)(=O)c2ccccc2)C1=O)c1cccc(C(F)(F)F)c1. The smallest absolute Gasteiger partial charge is 0.340 e. The molecule has 220 valence electrons. The number of nitrogens with one attached hydrogen (secondary N) is 1. The molecule has 2 aromatic rings. The Kier molecular flexibility index (Phi) is 8.13. The summed E-state index contributed by atoms with van der Waals surface area (Å²) >= 11 is 0. The monoisotopic (exact) mass is 591 g/mol. The number of halogens is 3. The zero-order chi connectivity index (χ0) is 29.4. The van der Waals surface area contributed by atoms with Crippen molar-refractivity contribution >= 4 is 27.6 Å². The van der Waals surface area contributed by atoms with Gasteiger partial charge in [-0.05, 0) is 68.4 Å². The van der Waals surface area contributed by atoms with E-state index in [0.29, 0.717) is 32.2 Å². The first-order valence-corrected chi connectivity index (χ1v) is 15.4. The highest BCUT2D eigenvalue weighted by Crippen LogP contribution is 2.37. The lowest BCUT2D eigenvalue weighted by atomic mass is 9.81. The van der Waals surface area contributed by atoms with E-state index in [-0.39, 0.29) is 47.0 Å². The first-order valence-electron chi connectivity index (χ1n) is 13.8. The molecule has 4 atom stereocenters. The molecule has 3 aliphatic rings. The zero-order valence-corrected chi connectivity index (χ0v) is 23.2. The molecule has 2 aromatic carbocycles. The van der Waals surface area contributed by atoms with Crippen molar-refractivity contribution < 1.29 is 36.0 Å². The molecule has 0 unspecified atom stereocenters. The Morgan fingerprint density at radius 1 is 0.951 bits per heavy atom. The number of carbonyl (C=O) groups is 3. The standard InChI is InChI=1S/C29H32F3N3O5S/c30-29(31,32)21-7-4-6-19(16-21)27(37)33-24-13-15-35(28(24)38)25-12-11-22(34-14-5-10-26(34)36)17-20(25)18-41(39,40)23-8-2-1-3-9-23/h1-4,6-9,16,20,22,24-25H,5,10-15,17-18H2,(H,33,37)/t20-,22+,24-,25-/m0/s1. The summed E-state index contributed by atoms with van der Waals surface area (Å²) < 4.78 is 66.1. The van der Waals surface area contributed by atoms with Crippen molar-refractivity contribution in [2.75, 3.05) is 18.8 Å². The number of alkyl halides is 3. The maximum atomic E-state index is 13.5. The van der Waals surface area contributed by atoms with E-state index in [1.807, 2.05) is 4.90 Å². The van der Waals surface area contributed by atoms with Crippen LogP contribution in [0.15, 0.2) is 59.5 Å². The Morgan fingerprint density at radius 2 is 1.71 bits per heavy atom. The van der Waals surface area contributed by atoms with Gasteiger partial charge in [0.1, 0.15) is 6.04 Å². The predicted molar refractivity (Wildman–Crippen MR) is 143 cm³/mol. The highest BCUT2D eigenvalue weighted by molar-refractivity contribution is 7.91. The number of rotatable bonds is 7. The Balaban J connectivity index is 1.33. The Morgan fingerprint density at radius 3 is 2.39 bits per heavy atom. The second-order valence-electron chi connectivity index (χ2n) is 11.0. The van der Waals surface area contributed by atoms with Crippen molar-refractivity contribution in [2.24, 2.45) is 5.92 Å². The van der Waals surface area contributed by atoms with Crippen LogP contribution in [-0.4, -0.2) is 72.9 Å². The fourth-order valence-corrected chi connectivity index (χ4v) is 8.09. The molecule has 1 saturated carbocycles. The Labute approximate surface area is 236 Å². The highest BCUT2D eigenvalue weighted by Gasteiger charge is 2.45. The number of benzene rings is 2. The number of sulfone groups is 1. The fourth-order valence-electron chi connectivity index (χ4n) is 6.40. The van der Waals surface area contributed by atoms with Crippen molar-refractivity contribution in [3.63, 3.8) is 0 Å². The minimum absolute atomic E-state index is 0.0627. The molecule has 3 fully saturated rings. The quantitative estimate of drug-likeness (QED) is 0.530. The van der Waals surface area contributed by atoms with Gasteiger partial charge in [0, 0.05) is 37.2 Å². The molecule has 1 N–H and O–H groups in total. The van der Waals surface area contributed by atoms with E-state index < -0.39 is 45.5 Å². The van der Waals surface area contributed by atoms with E-state index in [4.69, 9.17) is 0 Å². The molecule has 8 nitrogen and oxygen atoms in total. The lowest BCUT2D eigenvalue weighted by molar-refractivity contribution is -0.137. The van der Waals surface area contributed by atoms with E-state index in [0.717, 1.165) is 24.6 Å². The number of nitrogens with zero attached hydrogens (tertiary/aromatic N) is 2. The molecule has 2 saturated heterocycles. The van der Waals surface area contributed by atoms with Gasteiger partial charge in [-0.3, -0.25) is 14.4 Å². The molecule has 41 heavy (non-hydrogen) atoms. The number of carbonyl (C=O) groups excluding carboxylic acids is 3. The van der Waals surface area contributed by atoms with Crippen LogP contribution in [-0.2, 0) is 25.6 Å². The highest BCUT2D eigenvalue weighted by atomic mass is 32.2. The van der Waals surface area contributed by atoms with Gasteiger partial charge in [-0.15, -0.1) is 0 Å². The van der Waals surface area contributed by atoms with Gasteiger partial charge in [0.05, 0.1) is 16.2 Å². The van der Waals surface area contributed by atoms with Crippen LogP contribution in [0.5, 0.6) is 0 Å². The third-order valence-electron chi connectivity index (χ3n) is 8.40. The first-order chi connectivity index (χ1) is 19.4. The Bertz CT molecular complexity index is 1420. The fraction of sp³-hybridized carbons (Fsp3) is 0.483. The van der Waals surface area contributed by atoms with E-state index in [9.17, 15) is 36.0 Å². The van der Waals surface area contributed by atoms with Gasteiger partial charge in [-0.25, -0.2) is 8.42 Å². The van der Waals surface area contributed by atoms with Crippen LogP contribution in [0.3, 0.4) is 0 Å². The number of amides is 3. The van der Waals surface area contributed by atoms with Crippen molar-refractivity contribution in [1.82, 2.24) is 15.1 Å². The van der Waals surface area contributed by atoms with Crippen molar-refractivity contribution in [2.45, 2.75) is 67.7 Å². The molecule has 0 aromatic heterocycles. The van der Waals surface area contributed by atoms with Crippen LogP contribution >= 0.6 is 0 Å². The molecular weight excluding hydrogens is 559 g/mol. The average molecular weight is 592 g/mol. The van der Waals surface area contributed by atoms with E-state index in [1.165, 1.54) is 18.2 Å². The number of hydrogen-bond donors (Lipinski definition) is 1. The molecule has 0 radical (unpaired) electrons. The summed E-state index contributed by atoms with van der Waals surface area (Å²) in [6.45, 7) is 0.921. The van der Waals surface area contributed by atoms with E-state index in [1.54, 1.807) is 23.1 Å². The van der Waals surface area contributed by atoms with Gasteiger partial charge in [0.15, 0.2) is 9.84 Å². The first kappa shape index (κ1) is 29.1.